The van der Waals surface area contributed by atoms with Crippen LogP contribution in [0.2, 0.25) is 5.02 Å². The van der Waals surface area contributed by atoms with Crippen LogP contribution in [0.25, 0.3) is 0 Å². The molecule has 6 nitrogen and oxygen atoms in total. The number of carbonyl (C=O) groups excluding carboxylic acids is 2. The van der Waals surface area contributed by atoms with Gasteiger partial charge in [0.1, 0.15) is 11.5 Å². The smallest absolute Gasteiger partial charge is 0.226 e. The molecule has 1 saturated carbocycles. The van der Waals surface area contributed by atoms with E-state index in [2.05, 4.69) is 28.8 Å². The molecule has 1 amide bonds. The van der Waals surface area contributed by atoms with Gasteiger partial charge in [-0.25, -0.2) is 0 Å². The summed E-state index contributed by atoms with van der Waals surface area (Å²) in [4.78, 5) is 30.0. The average molecular weight is 472 g/mol. The van der Waals surface area contributed by atoms with Gasteiger partial charge in [0.15, 0.2) is 0 Å². The molecule has 0 radical (unpaired) electrons. The van der Waals surface area contributed by atoms with E-state index in [1.807, 2.05) is 19.1 Å². The van der Waals surface area contributed by atoms with Crippen molar-refractivity contribution in [1.29, 1.82) is 0 Å². The summed E-state index contributed by atoms with van der Waals surface area (Å²) in [7, 11) is 0. The van der Waals surface area contributed by atoms with Crippen molar-refractivity contribution in [2.75, 3.05) is 19.6 Å². The number of aromatic nitrogens is 1. The number of ketones is 1. The maximum absolute atomic E-state index is 12.9. The summed E-state index contributed by atoms with van der Waals surface area (Å²) in [5.41, 5.74) is 3.99. The van der Waals surface area contributed by atoms with Crippen molar-refractivity contribution in [3.8, 4) is 0 Å². The summed E-state index contributed by atoms with van der Waals surface area (Å²) in [5.74, 6) is 1.25. The molecule has 1 aromatic heterocycles. The van der Waals surface area contributed by atoms with Crippen LogP contribution in [0.4, 0.5) is 0 Å². The Morgan fingerprint density at radius 1 is 1.09 bits per heavy atom. The zero-order valence-electron chi connectivity index (χ0n) is 19.9. The zero-order valence-corrected chi connectivity index (χ0v) is 20.7. The Labute approximate surface area is 201 Å². The van der Waals surface area contributed by atoms with Crippen molar-refractivity contribution in [3.05, 3.63) is 51.4 Å². The molecule has 0 N–H and O–H groups in total. The molecule has 33 heavy (non-hydrogen) atoms. The van der Waals surface area contributed by atoms with Gasteiger partial charge in [-0.3, -0.25) is 14.5 Å². The minimum atomic E-state index is 0.0788. The second-order valence-corrected chi connectivity index (χ2v) is 10.2. The van der Waals surface area contributed by atoms with E-state index in [0.717, 1.165) is 61.4 Å². The third kappa shape index (κ3) is 5.85. The summed E-state index contributed by atoms with van der Waals surface area (Å²) in [6.07, 6.45) is 5.01. The number of hydrogen-bond acceptors (Lipinski definition) is 5. The molecule has 1 aromatic carbocycles. The molecule has 2 aliphatic rings. The van der Waals surface area contributed by atoms with E-state index in [0.29, 0.717) is 23.1 Å². The molecule has 7 heteroatoms. The van der Waals surface area contributed by atoms with Crippen molar-refractivity contribution in [2.45, 2.75) is 71.9 Å². The number of Topliss-reactive ketones (excluding diaryl/α,β-unsaturated/α-hetero) is 1. The van der Waals surface area contributed by atoms with Gasteiger partial charge in [-0.15, -0.1) is 0 Å². The van der Waals surface area contributed by atoms with Gasteiger partial charge in [0, 0.05) is 55.6 Å². The number of halogens is 1. The van der Waals surface area contributed by atoms with Crippen LogP contribution in [0.5, 0.6) is 0 Å². The highest BCUT2D eigenvalue weighted by Gasteiger charge is 2.33. The van der Waals surface area contributed by atoms with Crippen LogP contribution < -0.4 is 0 Å². The van der Waals surface area contributed by atoms with E-state index in [1.54, 1.807) is 6.07 Å². The van der Waals surface area contributed by atoms with Crippen LogP contribution in [0.15, 0.2) is 22.7 Å². The lowest BCUT2D eigenvalue weighted by Crippen LogP contribution is -2.54. The van der Waals surface area contributed by atoms with Gasteiger partial charge in [-0.2, -0.15) is 0 Å². The standard InChI is InChI=1S/C26H34ClN3O3/c1-17-10-25(33-28-17)14-24(31)13-21-11-23(27)12-22(19(21)3)16-29-8-9-30(18(2)15-29)26(32)20-6-4-5-7-20/h10-12,18,20H,4-9,13-16H2,1-3H3/t18-/m0/s1. The Hall–Kier alpha value is -2.18. The molecule has 2 aromatic rings. The van der Waals surface area contributed by atoms with Gasteiger partial charge in [-0.1, -0.05) is 29.6 Å². The van der Waals surface area contributed by atoms with Crippen LogP contribution >= 0.6 is 11.6 Å². The van der Waals surface area contributed by atoms with E-state index in [1.165, 1.54) is 12.8 Å². The largest absolute Gasteiger partial charge is 0.361 e. The first-order valence-corrected chi connectivity index (χ1v) is 12.4. The molecule has 2 fully saturated rings. The number of rotatable bonds is 7. The Balaban J connectivity index is 1.38. The second-order valence-electron chi connectivity index (χ2n) is 9.77. The third-order valence-corrected chi connectivity index (χ3v) is 7.33. The van der Waals surface area contributed by atoms with Crippen molar-refractivity contribution < 1.29 is 14.1 Å². The maximum Gasteiger partial charge on any atom is 0.226 e. The molecular formula is C26H34ClN3O3. The number of carbonyl (C=O) groups is 2. The Bertz CT molecular complexity index is 1010. The lowest BCUT2D eigenvalue weighted by atomic mass is 9.96. The molecular weight excluding hydrogens is 438 g/mol. The summed E-state index contributed by atoms with van der Waals surface area (Å²) in [5, 5.41) is 4.50. The van der Waals surface area contributed by atoms with E-state index in [-0.39, 0.29) is 24.2 Å². The van der Waals surface area contributed by atoms with E-state index < -0.39 is 0 Å². The van der Waals surface area contributed by atoms with Crippen LogP contribution in [-0.2, 0) is 29.0 Å². The number of hydrogen-bond donors (Lipinski definition) is 0. The van der Waals surface area contributed by atoms with Crippen LogP contribution in [-0.4, -0.2) is 52.3 Å². The number of nitrogens with zero attached hydrogens (tertiary/aromatic N) is 3. The first kappa shape index (κ1) is 24.0. The molecule has 1 saturated heterocycles. The molecule has 178 valence electrons. The van der Waals surface area contributed by atoms with Gasteiger partial charge < -0.3 is 9.42 Å². The first-order valence-electron chi connectivity index (χ1n) is 12.0. The number of aryl methyl sites for hydroxylation is 1. The lowest BCUT2D eigenvalue weighted by molar-refractivity contribution is -0.140. The quantitative estimate of drug-likeness (QED) is 0.593. The van der Waals surface area contributed by atoms with E-state index in [9.17, 15) is 9.59 Å². The van der Waals surface area contributed by atoms with Crippen LogP contribution in [0, 0.1) is 19.8 Å². The number of benzene rings is 1. The highest BCUT2D eigenvalue weighted by Crippen LogP contribution is 2.29. The van der Waals surface area contributed by atoms with Gasteiger partial charge in [-0.05, 0) is 62.4 Å². The summed E-state index contributed by atoms with van der Waals surface area (Å²) in [6, 6.07) is 5.90. The minimum Gasteiger partial charge on any atom is -0.361 e. The van der Waals surface area contributed by atoms with Gasteiger partial charge in [0.25, 0.3) is 0 Å². The predicted molar refractivity (Wildman–Crippen MR) is 128 cm³/mol. The third-order valence-electron chi connectivity index (χ3n) is 7.12. The number of amides is 1. The molecule has 0 spiro atoms. The highest BCUT2D eigenvalue weighted by atomic mass is 35.5. The topological polar surface area (TPSA) is 66.7 Å². The molecule has 4 rings (SSSR count). The highest BCUT2D eigenvalue weighted by molar-refractivity contribution is 6.30. The molecule has 1 aliphatic heterocycles. The fraction of sp³-hybridized carbons (Fsp3) is 0.577. The van der Waals surface area contributed by atoms with Crippen molar-refractivity contribution in [1.82, 2.24) is 15.0 Å². The molecule has 1 aliphatic carbocycles. The summed E-state index contributed by atoms with van der Waals surface area (Å²) in [6.45, 7) is 9.31. The first-order chi connectivity index (χ1) is 15.8. The second kappa shape index (κ2) is 10.4. The summed E-state index contributed by atoms with van der Waals surface area (Å²) >= 11 is 6.44. The van der Waals surface area contributed by atoms with E-state index >= 15 is 0 Å². The Morgan fingerprint density at radius 2 is 1.82 bits per heavy atom. The van der Waals surface area contributed by atoms with Gasteiger partial charge in [0.05, 0.1) is 12.1 Å². The van der Waals surface area contributed by atoms with Crippen molar-refractivity contribution in [3.63, 3.8) is 0 Å². The van der Waals surface area contributed by atoms with Crippen molar-refractivity contribution in [2.24, 2.45) is 5.92 Å². The number of piperazine rings is 1. The molecule has 0 bridgehead atoms. The SMILES string of the molecule is Cc1cc(CC(=O)Cc2cc(Cl)cc(CN3CCN(C(=O)C4CCCC4)[C@@H](C)C3)c2C)on1. The molecule has 1 atom stereocenters. The Morgan fingerprint density at radius 3 is 2.48 bits per heavy atom. The fourth-order valence-corrected chi connectivity index (χ4v) is 5.53. The van der Waals surface area contributed by atoms with Crippen LogP contribution in [0.3, 0.4) is 0 Å². The molecule has 2 heterocycles. The normalized spacial score (nSPS) is 19.9. The lowest BCUT2D eigenvalue weighted by Gasteiger charge is -2.41. The molecule has 0 unspecified atom stereocenters. The van der Waals surface area contributed by atoms with Gasteiger partial charge >= 0.3 is 0 Å². The maximum atomic E-state index is 12.9. The van der Waals surface area contributed by atoms with Crippen molar-refractivity contribution >= 4 is 23.3 Å². The monoisotopic (exact) mass is 471 g/mol. The average Bonchev–Trinajstić information content (AvgIpc) is 3.43. The minimum absolute atomic E-state index is 0.0788. The fourth-order valence-electron chi connectivity index (χ4n) is 5.27. The summed E-state index contributed by atoms with van der Waals surface area (Å²) < 4.78 is 5.19. The zero-order chi connectivity index (χ0) is 23.5. The van der Waals surface area contributed by atoms with Gasteiger partial charge in [0.2, 0.25) is 5.91 Å². The Kier molecular flexibility index (Phi) is 7.55. The van der Waals surface area contributed by atoms with E-state index in [4.69, 9.17) is 16.1 Å². The van der Waals surface area contributed by atoms with Crippen LogP contribution in [0.1, 0.15) is 60.8 Å². The predicted octanol–water partition coefficient (Wildman–Crippen LogP) is 4.52.